The molecule has 4 aromatic carbocycles. The van der Waals surface area contributed by atoms with Gasteiger partial charge < -0.3 is 9.80 Å². The monoisotopic (exact) mass is 490 g/mol. The van der Waals surface area contributed by atoms with Crippen molar-refractivity contribution < 1.29 is 0 Å². The van der Waals surface area contributed by atoms with Crippen LogP contribution in [-0.2, 0) is 0 Å². The minimum absolute atomic E-state index is 0.445. The van der Waals surface area contributed by atoms with E-state index in [9.17, 15) is 0 Å². The molecule has 0 spiro atoms. The van der Waals surface area contributed by atoms with Crippen molar-refractivity contribution in [2.75, 3.05) is 16.5 Å². The number of benzene rings is 4. The predicted molar refractivity (Wildman–Crippen MR) is 162 cm³/mol. The Bertz CT molecular complexity index is 1270. The van der Waals surface area contributed by atoms with E-state index in [-0.39, 0.29) is 0 Å². The number of para-hydroxylation sites is 2. The first-order valence-corrected chi connectivity index (χ1v) is 14.0. The highest BCUT2D eigenvalue weighted by Gasteiger charge is 2.34. The van der Waals surface area contributed by atoms with Crippen LogP contribution in [0.5, 0.6) is 0 Å². The van der Waals surface area contributed by atoms with E-state index < -0.39 is 0 Å². The summed E-state index contributed by atoms with van der Waals surface area (Å²) in [6.45, 7) is 19.4. The molecule has 37 heavy (non-hydrogen) atoms. The van der Waals surface area contributed by atoms with Crippen molar-refractivity contribution in [3.8, 4) is 0 Å². The zero-order valence-corrected chi connectivity index (χ0v) is 23.8. The fourth-order valence-corrected chi connectivity index (χ4v) is 5.97. The molecule has 0 bridgehead atoms. The molecule has 0 fully saturated rings. The zero-order valence-electron chi connectivity index (χ0n) is 23.8. The molecule has 0 radical (unpaired) electrons. The number of hydrogen-bond acceptors (Lipinski definition) is 2. The van der Waals surface area contributed by atoms with E-state index in [1.807, 2.05) is 0 Å². The highest BCUT2D eigenvalue weighted by molar-refractivity contribution is 5.99. The van der Waals surface area contributed by atoms with Gasteiger partial charge in [0.1, 0.15) is 6.67 Å². The van der Waals surface area contributed by atoms with Crippen LogP contribution in [0.25, 0.3) is 10.8 Å². The Hall–Kier alpha value is -3.26. The molecule has 0 unspecified atom stereocenters. The molecule has 4 aromatic rings. The Kier molecular flexibility index (Phi) is 6.79. The molecule has 0 N–H and O–H groups in total. The third kappa shape index (κ3) is 4.41. The van der Waals surface area contributed by atoms with E-state index in [2.05, 4.69) is 138 Å². The van der Waals surface area contributed by atoms with Gasteiger partial charge in [-0.3, -0.25) is 0 Å². The fraction of sp³-hybridized carbons (Fsp3) is 0.371. The second kappa shape index (κ2) is 9.89. The molecule has 192 valence electrons. The van der Waals surface area contributed by atoms with Gasteiger partial charge in [-0.05, 0) is 68.8 Å². The maximum atomic E-state index is 2.60. The molecule has 0 saturated carbocycles. The quantitative estimate of drug-likeness (QED) is 0.265. The van der Waals surface area contributed by atoms with Gasteiger partial charge in [-0.2, -0.15) is 0 Å². The lowest BCUT2D eigenvalue weighted by molar-refractivity contribution is 0.806. The van der Waals surface area contributed by atoms with Gasteiger partial charge in [0.25, 0.3) is 0 Å². The first-order valence-electron chi connectivity index (χ1n) is 14.0. The van der Waals surface area contributed by atoms with Crippen molar-refractivity contribution in [3.05, 3.63) is 95.1 Å². The molecule has 0 aromatic heterocycles. The van der Waals surface area contributed by atoms with E-state index in [0.29, 0.717) is 23.7 Å². The van der Waals surface area contributed by atoms with Crippen LogP contribution in [-0.4, -0.2) is 6.67 Å². The van der Waals surface area contributed by atoms with Crippen LogP contribution in [0.15, 0.2) is 72.8 Å². The van der Waals surface area contributed by atoms with Gasteiger partial charge in [-0.1, -0.05) is 116 Å². The van der Waals surface area contributed by atoms with Crippen molar-refractivity contribution in [3.63, 3.8) is 0 Å². The number of fused-ring (bicyclic) bond motifs is 2. The van der Waals surface area contributed by atoms with E-state index in [1.165, 1.54) is 55.8 Å². The number of hydrogen-bond donors (Lipinski definition) is 0. The van der Waals surface area contributed by atoms with E-state index >= 15 is 0 Å². The summed E-state index contributed by atoms with van der Waals surface area (Å²) >= 11 is 0. The summed E-state index contributed by atoms with van der Waals surface area (Å²) in [6, 6.07) is 27.4. The molecular formula is C35H42N2. The first kappa shape index (κ1) is 25.4. The largest absolute Gasteiger partial charge is 0.320 e. The molecule has 2 heteroatoms. The Labute approximate surface area is 223 Å². The normalized spacial score (nSPS) is 13.6. The number of rotatable bonds is 6. The third-order valence-electron chi connectivity index (χ3n) is 7.93. The van der Waals surface area contributed by atoms with E-state index in [1.54, 1.807) is 0 Å². The van der Waals surface area contributed by atoms with Gasteiger partial charge in [0.05, 0.1) is 11.4 Å². The van der Waals surface area contributed by atoms with E-state index in [0.717, 1.165) is 6.67 Å². The molecule has 0 atom stereocenters. The summed E-state index contributed by atoms with van der Waals surface area (Å²) in [4.78, 5) is 5.21. The zero-order chi connectivity index (χ0) is 26.4. The van der Waals surface area contributed by atoms with Crippen molar-refractivity contribution >= 4 is 33.5 Å². The van der Waals surface area contributed by atoms with Crippen LogP contribution in [0.4, 0.5) is 22.7 Å². The highest BCUT2D eigenvalue weighted by atomic mass is 15.4. The molecule has 2 nitrogen and oxygen atoms in total. The molecule has 0 amide bonds. The lowest BCUT2D eigenvalue weighted by atomic mass is 9.91. The summed E-state index contributed by atoms with van der Waals surface area (Å²) in [5, 5.41) is 2.59. The number of nitrogens with zero attached hydrogens (tertiary/aromatic N) is 2. The smallest absolute Gasteiger partial charge is 0.100 e. The summed E-state index contributed by atoms with van der Waals surface area (Å²) in [7, 11) is 0. The minimum Gasteiger partial charge on any atom is -0.320 e. The molecular weight excluding hydrogens is 448 g/mol. The van der Waals surface area contributed by atoms with Gasteiger partial charge in [-0.25, -0.2) is 0 Å². The van der Waals surface area contributed by atoms with Crippen LogP contribution in [0.1, 0.15) is 101 Å². The Morgan fingerprint density at radius 1 is 0.459 bits per heavy atom. The summed E-state index contributed by atoms with van der Waals surface area (Å²) in [6.07, 6.45) is 0. The average molecular weight is 491 g/mol. The van der Waals surface area contributed by atoms with Gasteiger partial charge in [0.2, 0.25) is 0 Å². The molecule has 5 rings (SSSR count). The first-order chi connectivity index (χ1) is 17.7. The van der Waals surface area contributed by atoms with Crippen molar-refractivity contribution in [1.82, 2.24) is 0 Å². The second-order valence-corrected chi connectivity index (χ2v) is 11.9. The maximum Gasteiger partial charge on any atom is 0.100 e. The molecule has 1 heterocycles. The second-order valence-electron chi connectivity index (χ2n) is 11.9. The average Bonchev–Trinajstić information content (AvgIpc) is 3.23. The van der Waals surface area contributed by atoms with Crippen LogP contribution < -0.4 is 9.80 Å². The fourth-order valence-electron chi connectivity index (χ4n) is 5.97. The minimum atomic E-state index is 0.445. The van der Waals surface area contributed by atoms with Gasteiger partial charge in [-0.15, -0.1) is 0 Å². The van der Waals surface area contributed by atoms with Crippen molar-refractivity contribution in [2.45, 2.75) is 79.1 Å². The molecule has 1 aliphatic heterocycles. The SMILES string of the molecule is CC(C)c1cccc(C(C)C)c1N1CN(c2c(C(C)C)cccc2C(C)C)c2cc3ccccc3cc21. The molecule has 1 aliphatic rings. The van der Waals surface area contributed by atoms with E-state index in [4.69, 9.17) is 0 Å². The Balaban J connectivity index is 1.83. The van der Waals surface area contributed by atoms with Crippen LogP contribution in [0.3, 0.4) is 0 Å². The maximum absolute atomic E-state index is 2.60. The lowest BCUT2D eigenvalue weighted by Crippen LogP contribution is -2.27. The Morgan fingerprint density at radius 2 is 0.784 bits per heavy atom. The molecule has 0 saturated heterocycles. The van der Waals surface area contributed by atoms with Gasteiger partial charge >= 0.3 is 0 Å². The molecule has 0 aliphatic carbocycles. The van der Waals surface area contributed by atoms with Crippen molar-refractivity contribution in [1.29, 1.82) is 0 Å². The topological polar surface area (TPSA) is 6.48 Å². The van der Waals surface area contributed by atoms with Gasteiger partial charge in [0, 0.05) is 11.4 Å². The summed E-state index contributed by atoms with van der Waals surface area (Å²) < 4.78 is 0. The summed E-state index contributed by atoms with van der Waals surface area (Å²) in [5.74, 6) is 1.78. The predicted octanol–water partition coefficient (Wildman–Crippen LogP) is 10.6. The van der Waals surface area contributed by atoms with Crippen molar-refractivity contribution in [2.24, 2.45) is 0 Å². The van der Waals surface area contributed by atoms with Crippen LogP contribution in [0.2, 0.25) is 0 Å². The van der Waals surface area contributed by atoms with Crippen LogP contribution >= 0.6 is 0 Å². The Morgan fingerprint density at radius 3 is 1.08 bits per heavy atom. The number of anilines is 4. The van der Waals surface area contributed by atoms with Crippen LogP contribution in [0, 0.1) is 0 Å². The lowest BCUT2D eigenvalue weighted by Gasteiger charge is -2.31. The third-order valence-corrected chi connectivity index (χ3v) is 7.93. The highest BCUT2D eigenvalue weighted by Crippen LogP contribution is 2.51. The summed E-state index contributed by atoms with van der Waals surface area (Å²) in [5.41, 5.74) is 11.1. The van der Waals surface area contributed by atoms with Gasteiger partial charge in [0.15, 0.2) is 0 Å². The standard InChI is InChI=1S/C35H42N2/c1-22(2)28-15-11-16-29(23(3)4)34(28)36-21-37(33-20-27-14-10-9-13-26(27)19-32(33)36)35-30(24(5)6)17-12-18-31(35)25(7)8/h9-20,22-25H,21H2,1-8H3.